The summed E-state index contributed by atoms with van der Waals surface area (Å²) < 4.78 is 5.07. The molecule has 0 aromatic heterocycles. The second kappa shape index (κ2) is 4.26. The second-order valence-corrected chi connectivity index (χ2v) is 3.20. The van der Waals surface area contributed by atoms with Gasteiger partial charge in [-0.15, -0.1) is 6.42 Å². The van der Waals surface area contributed by atoms with E-state index in [4.69, 9.17) is 16.9 Å². The Hall–Kier alpha value is -1.05. The van der Waals surface area contributed by atoms with E-state index in [1.54, 1.807) is 6.92 Å². The van der Waals surface area contributed by atoms with E-state index >= 15 is 0 Å². The predicted molar refractivity (Wildman–Crippen MR) is 48.7 cm³/mol. The zero-order chi connectivity index (χ0) is 9.84. The third-order valence-electron chi connectivity index (χ3n) is 2.07. The van der Waals surface area contributed by atoms with Crippen molar-refractivity contribution in [3.8, 4) is 12.3 Å². The van der Waals surface area contributed by atoms with Crippen molar-refractivity contribution < 1.29 is 9.53 Å². The van der Waals surface area contributed by atoms with Gasteiger partial charge in [-0.25, -0.2) is 0 Å². The van der Waals surface area contributed by atoms with Gasteiger partial charge >= 0.3 is 0 Å². The summed E-state index contributed by atoms with van der Waals surface area (Å²) in [6.07, 6.45) is 5.13. The molecule has 0 aromatic rings. The fourth-order valence-corrected chi connectivity index (χ4v) is 1.20. The Kier molecular flexibility index (Phi) is 3.29. The molecule has 4 heteroatoms. The Morgan fingerprint density at radius 2 is 2.46 bits per heavy atom. The van der Waals surface area contributed by atoms with Crippen molar-refractivity contribution in [3.05, 3.63) is 0 Å². The largest absolute Gasteiger partial charge is 0.379 e. The minimum absolute atomic E-state index is 0.115. The zero-order valence-electron chi connectivity index (χ0n) is 7.62. The van der Waals surface area contributed by atoms with Crippen LogP contribution in [-0.4, -0.2) is 31.2 Å². The van der Waals surface area contributed by atoms with Crippen LogP contribution >= 0.6 is 0 Å². The average Bonchev–Trinajstić information content (AvgIpc) is 2.51. The standard InChI is InChI=1S/C9H14N2O2/c1-3-6(2)11-9(12)7-4-13-5-8(7)10/h1,6-8H,4-5,10H2,2H3,(H,11,12). The molecule has 72 valence electrons. The van der Waals surface area contributed by atoms with Crippen LogP contribution in [0, 0.1) is 18.3 Å². The van der Waals surface area contributed by atoms with E-state index in [0.717, 1.165) is 0 Å². The highest BCUT2D eigenvalue weighted by Crippen LogP contribution is 2.11. The summed E-state index contributed by atoms with van der Waals surface area (Å²) in [6, 6.07) is -0.453. The number of ether oxygens (including phenoxy) is 1. The van der Waals surface area contributed by atoms with Gasteiger partial charge in [-0.3, -0.25) is 4.79 Å². The first kappa shape index (κ1) is 10.0. The van der Waals surface area contributed by atoms with Crippen molar-refractivity contribution in [1.29, 1.82) is 0 Å². The maximum absolute atomic E-state index is 11.5. The first-order valence-corrected chi connectivity index (χ1v) is 4.25. The van der Waals surface area contributed by atoms with E-state index in [-0.39, 0.29) is 23.9 Å². The molecule has 1 aliphatic rings. The van der Waals surface area contributed by atoms with Crippen LogP contribution in [0.3, 0.4) is 0 Å². The van der Waals surface area contributed by atoms with Crippen molar-refractivity contribution in [3.63, 3.8) is 0 Å². The van der Waals surface area contributed by atoms with Crippen molar-refractivity contribution >= 4 is 5.91 Å². The second-order valence-electron chi connectivity index (χ2n) is 3.20. The van der Waals surface area contributed by atoms with Crippen LogP contribution in [0.25, 0.3) is 0 Å². The molecule has 0 aliphatic carbocycles. The van der Waals surface area contributed by atoms with Gasteiger partial charge in [0.2, 0.25) is 5.91 Å². The smallest absolute Gasteiger partial charge is 0.228 e. The fourth-order valence-electron chi connectivity index (χ4n) is 1.20. The van der Waals surface area contributed by atoms with Crippen molar-refractivity contribution in [1.82, 2.24) is 5.32 Å². The van der Waals surface area contributed by atoms with Crippen LogP contribution in [0.5, 0.6) is 0 Å². The molecule has 0 aromatic carbocycles. The van der Waals surface area contributed by atoms with E-state index in [2.05, 4.69) is 11.2 Å². The summed E-state index contributed by atoms with van der Waals surface area (Å²) in [6.45, 7) is 2.59. The molecule has 1 rings (SSSR count). The first-order chi connectivity index (χ1) is 6.15. The van der Waals surface area contributed by atoms with Gasteiger partial charge in [-0.2, -0.15) is 0 Å². The van der Waals surface area contributed by atoms with E-state index < -0.39 is 0 Å². The number of terminal acetylenes is 1. The van der Waals surface area contributed by atoms with Gasteiger partial charge in [0.1, 0.15) is 0 Å². The Morgan fingerprint density at radius 3 is 2.92 bits per heavy atom. The van der Waals surface area contributed by atoms with Crippen LogP contribution < -0.4 is 11.1 Å². The Bertz CT molecular complexity index is 234. The molecular formula is C9H14N2O2. The lowest BCUT2D eigenvalue weighted by molar-refractivity contribution is -0.125. The predicted octanol–water partition coefficient (Wildman–Crippen LogP) is -0.902. The van der Waals surface area contributed by atoms with Gasteiger partial charge in [0.25, 0.3) is 0 Å². The maximum Gasteiger partial charge on any atom is 0.228 e. The summed E-state index contributed by atoms with van der Waals surface area (Å²) >= 11 is 0. The molecule has 13 heavy (non-hydrogen) atoms. The van der Waals surface area contributed by atoms with Gasteiger partial charge in [-0.05, 0) is 6.92 Å². The minimum atomic E-state index is -0.254. The molecule has 0 saturated carbocycles. The number of nitrogens with one attached hydrogen (secondary N) is 1. The van der Waals surface area contributed by atoms with Gasteiger partial charge in [0, 0.05) is 6.04 Å². The highest BCUT2D eigenvalue weighted by Gasteiger charge is 2.31. The monoisotopic (exact) mass is 182 g/mol. The Morgan fingerprint density at radius 1 is 1.77 bits per heavy atom. The molecule has 1 aliphatic heterocycles. The highest BCUT2D eigenvalue weighted by atomic mass is 16.5. The van der Waals surface area contributed by atoms with E-state index in [1.807, 2.05) is 0 Å². The topological polar surface area (TPSA) is 64.3 Å². The number of nitrogens with two attached hydrogens (primary N) is 1. The molecule has 1 saturated heterocycles. The maximum atomic E-state index is 11.5. The molecule has 4 nitrogen and oxygen atoms in total. The number of carbonyl (C=O) groups is 1. The quantitative estimate of drug-likeness (QED) is 0.544. The van der Waals surface area contributed by atoms with Crippen LogP contribution in [-0.2, 0) is 9.53 Å². The van der Waals surface area contributed by atoms with Crippen LogP contribution in [0.4, 0.5) is 0 Å². The number of hydrogen-bond acceptors (Lipinski definition) is 3. The lowest BCUT2D eigenvalue weighted by atomic mass is 10.0. The fraction of sp³-hybridized carbons (Fsp3) is 0.667. The molecule has 3 unspecified atom stereocenters. The lowest BCUT2D eigenvalue weighted by Gasteiger charge is -2.14. The third kappa shape index (κ3) is 2.44. The van der Waals surface area contributed by atoms with Crippen molar-refractivity contribution in [2.45, 2.75) is 19.0 Å². The van der Waals surface area contributed by atoms with Crippen LogP contribution in [0.1, 0.15) is 6.92 Å². The lowest BCUT2D eigenvalue weighted by Crippen LogP contribution is -2.43. The summed E-state index contributed by atoms with van der Waals surface area (Å²) in [4.78, 5) is 11.5. The number of rotatable bonds is 2. The summed E-state index contributed by atoms with van der Waals surface area (Å²) in [5, 5.41) is 2.67. The SMILES string of the molecule is C#CC(C)NC(=O)C1COCC1N. The van der Waals surface area contributed by atoms with Crippen LogP contribution in [0.2, 0.25) is 0 Å². The number of hydrogen-bond donors (Lipinski definition) is 2. The van der Waals surface area contributed by atoms with Gasteiger partial charge < -0.3 is 15.8 Å². The van der Waals surface area contributed by atoms with E-state index in [0.29, 0.717) is 13.2 Å². The first-order valence-electron chi connectivity index (χ1n) is 4.25. The van der Waals surface area contributed by atoms with Crippen LogP contribution in [0.15, 0.2) is 0 Å². The summed E-state index contributed by atoms with van der Waals surface area (Å²) in [5.74, 6) is 2.05. The number of carbonyl (C=O) groups excluding carboxylic acids is 1. The Balaban J connectivity index is 2.44. The molecule has 1 amide bonds. The molecule has 1 heterocycles. The molecule has 3 atom stereocenters. The normalized spacial score (nSPS) is 29.3. The summed E-state index contributed by atoms with van der Waals surface area (Å²) in [5.41, 5.74) is 5.66. The molecule has 0 spiro atoms. The van der Waals surface area contributed by atoms with Gasteiger partial charge in [0.05, 0.1) is 25.2 Å². The minimum Gasteiger partial charge on any atom is -0.379 e. The molecule has 0 radical (unpaired) electrons. The number of amides is 1. The van der Waals surface area contributed by atoms with E-state index in [1.165, 1.54) is 0 Å². The van der Waals surface area contributed by atoms with Gasteiger partial charge in [-0.1, -0.05) is 5.92 Å². The Labute approximate surface area is 77.8 Å². The molecule has 0 bridgehead atoms. The molecule has 1 fully saturated rings. The highest BCUT2D eigenvalue weighted by molar-refractivity contribution is 5.80. The average molecular weight is 182 g/mol. The zero-order valence-corrected chi connectivity index (χ0v) is 7.62. The molecule has 3 N–H and O–H groups in total. The summed E-state index contributed by atoms with van der Waals surface area (Å²) in [7, 11) is 0. The third-order valence-corrected chi connectivity index (χ3v) is 2.07. The van der Waals surface area contributed by atoms with E-state index in [9.17, 15) is 4.79 Å². The van der Waals surface area contributed by atoms with Crippen molar-refractivity contribution in [2.75, 3.05) is 13.2 Å². The van der Waals surface area contributed by atoms with Gasteiger partial charge in [0.15, 0.2) is 0 Å². The van der Waals surface area contributed by atoms with Crippen molar-refractivity contribution in [2.24, 2.45) is 11.7 Å². The molecular weight excluding hydrogens is 168 g/mol.